The molecule has 0 radical (unpaired) electrons. The molecular weight excluding hydrogens is 314 g/mol. The van der Waals surface area contributed by atoms with Gasteiger partial charge < -0.3 is 10.3 Å². The van der Waals surface area contributed by atoms with Gasteiger partial charge in [0.05, 0.1) is 22.2 Å². The van der Waals surface area contributed by atoms with Crippen molar-refractivity contribution in [3.63, 3.8) is 0 Å². The molecule has 3 rings (SSSR count). The van der Waals surface area contributed by atoms with E-state index in [0.29, 0.717) is 29.5 Å². The zero-order valence-electron chi connectivity index (χ0n) is 11.3. The van der Waals surface area contributed by atoms with E-state index in [1.165, 1.54) is 16.4 Å². The van der Waals surface area contributed by atoms with Crippen molar-refractivity contribution < 1.29 is 8.42 Å². The van der Waals surface area contributed by atoms with E-state index in [1.54, 1.807) is 13.3 Å². The van der Waals surface area contributed by atoms with Crippen molar-refractivity contribution in [1.82, 2.24) is 19.1 Å². The van der Waals surface area contributed by atoms with Crippen molar-refractivity contribution in [1.29, 1.82) is 0 Å². The normalized spacial score (nSPS) is 15.9. The maximum Gasteiger partial charge on any atom is 0.243 e. The Kier molecular flexibility index (Phi) is 3.39. The van der Waals surface area contributed by atoms with E-state index < -0.39 is 10.0 Å². The van der Waals surface area contributed by atoms with Crippen LogP contribution in [0.4, 0.5) is 5.69 Å². The van der Waals surface area contributed by atoms with Crippen LogP contribution in [0.25, 0.3) is 0 Å². The number of sulfonamides is 1. The molecule has 0 unspecified atom stereocenters. The van der Waals surface area contributed by atoms with Crippen LogP contribution in [0.1, 0.15) is 11.4 Å². The number of nitrogen functional groups attached to an aromatic ring is 1. The van der Waals surface area contributed by atoms with Gasteiger partial charge in [-0.3, -0.25) is 0 Å². The monoisotopic (exact) mass is 327 g/mol. The number of nitrogens with zero attached hydrogens (tertiary/aromatic N) is 4. The second kappa shape index (κ2) is 4.97. The predicted molar refractivity (Wildman–Crippen MR) is 78.2 cm³/mol. The lowest BCUT2D eigenvalue weighted by Crippen LogP contribution is -2.38. The van der Waals surface area contributed by atoms with Gasteiger partial charge >= 0.3 is 0 Å². The third-order valence-corrected chi connectivity index (χ3v) is 5.84. The molecule has 0 saturated heterocycles. The molecular formula is C12H14ClN5O2S. The van der Waals surface area contributed by atoms with E-state index in [0.717, 1.165) is 0 Å². The van der Waals surface area contributed by atoms with E-state index >= 15 is 0 Å². The Morgan fingerprint density at radius 2 is 2.10 bits per heavy atom. The maximum absolute atomic E-state index is 12.7. The number of anilines is 1. The predicted octanol–water partition coefficient (Wildman–Crippen LogP) is 1.03. The molecule has 0 spiro atoms. The Morgan fingerprint density at radius 3 is 2.81 bits per heavy atom. The maximum atomic E-state index is 12.7. The summed E-state index contributed by atoms with van der Waals surface area (Å²) in [5, 5.41) is 8.09. The lowest BCUT2D eigenvalue weighted by atomic mass is 10.2. The summed E-state index contributed by atoms with van der Waals surface area (Å²) in [6.07, 6.45) is 1.60. The fourth-order valence-corrected chi connectivity index (χ4v) is 3.93. The van der Waals surface area contributed by atoms with Crippen LogP contribution in [0.2, 0.25) is 5.02 Å². The highest BCUT2D eigenvalue weighted by Gasteiger charge is 2.30. The largest absolute Gasteiger partial charge is 0.397 e. The van der Waals surface area contributed by atoms with Gasteiger partial charge in [0.1, 0.15) is 12.2 Å². The molecule has 1 aliphatic heterocycles. The number of nitrogens with two attached hydrogens (primary N) is 1. The average molecular weight is 328 g/mol. The zero-order valence-corrected chi connectivity index (χ0v) is 12.9. The standard InChI is InChI=1S/C12H14ClN5O2S/c1-8-4-9(5-10(14)12(8)13)21(19,20)18-3-2-17-7-15-16-11(17)6-18/h4-5,7H,2-3,6,14H2,1H3. The van der Waals surface area contributed by atoms with E-state index in [-0.39, 0.29) is 17.1 Å². The van der Waals surface area contributed by atoms with Crippen molar-refractivity contribution in [3.8, 4) is 0 Å². The first-order chi connectivity index (χ1) is 9.89. The zero-order chi connectivity index (χ0) is 15.2. The van der Waals surface area contributed by atoms with Gasteiger partial charge in [-0.2, -0.15) is 4.31 Å². The molecule has 2 N–H and O–H groups in total. The first-order valence-electron chi connectivity index (χ1n) is 6.32. The summed E-state index contributed by atoms with van der Waals surface area (Å²) >= 11 is 5.98. The summed E-state index contributed by atoms with van der Waals surface area (Å²) in [5.41, 5.74) is 6.66. The van der Waals surface area contributed by atoms with Gasteiger partial charge in [0.25, 0.3) is 0 Å². The molecule has 1 aliphatic rings. The number of rotatable bonds is 2. The number of aryl methyl sites for hydroxylation is 1. The summed E-state index contributed by atoms with van der Waals surface area (Å²) in [5.74, 6) is 0.628. The van der Waals surface area contributed by atoms with Gasteiger partial charge in [0.2, 0.25) is 10.0 Å². The Hall–Kier alpha value is -1.64. The van der Waals surface area contributed by atoms with Gasteiger partial charge in [0.15, 0.2) is 0 Å². The molecule has 1 aromatic heterocycles. The van der Waals surface area contributed by atoms with Crippen LogP contribution in [0.15, 0.2) is 23.4 Å². The van der Waals surface area contributed by atoms with Gasteiger partial charge in [-0.25, -0.2) is 8.42 Å². The Morgan fingerprint density at radius 1 is 1.33 bits per heavy atom. The molecule has 2 heterocycles. The minimum Gasteiger partial charge on any atom is -0.397 e. The van der Waals surface area contributed by atoms with Crippen molar-refractivity contribution in [2.75, 3.05) is 12.3 Å². The Bertz CT molecular complexity index is 779. The summed E-state index contributed by atoms with van der Waals surface area (Å²) in [7, 11) is -3.63. The second-order valence-electron chi connectivity index (χ2n) is 4.92. The third-order valence-electron chi connectivity index (χ3n) is 3.50. The molecule has 0 amide bonds. The first-order valence-corrected chi connectivity index (χ1v) is 8.14. The SMILES string of the molecule is Cc1cc(S(=O)(=O)N2CCn3cnnc3C2)cc(N)c1Cl. The average Bonchev–Trinajstić information content (AvgIpc) is 2.91. The minimum atomic E-state index is -3.63. The van der Waals surface area contributed by atoms with E-state index in [9.17, 15) is 8.42 Å². The summed E-state index contributed by atoms with van der Waals surface area (Å²) in [6.45, 7) is 2.83. The molecule has 1 aromatic carbocycles. The highest BCUT2D eigenvalue weighted by molar-refractivity contribution is 7.89. The van der Waals surface area contributed by atoms with Crippen LogP contribution in [-0.2, 0) is 23.1 Å². The topological polar surface area (TPSA) is 94.1 Å². The van der Waals surface area contributed by atoms with Crippen molar-refractivity contribution in [2.24, 2.45) is 0 Å². The molecule has 0 bridgehead atoms. The molecule has 9 heteroatoms. The summed E-state index contributed by atoms with van der Waals surface area (Å²) in [6, 6.07) is 2.93. The third kappa shape index (κ3) is 2.39. The van der Waals surface area contributed by atoms with Crippen LogP contribution >= 0.6 is 11.6 Å². The van der Waals surface area contributed by atoms with E-state index in [4.69, 9.17) is 17.3 Å². The fraction of sp³-hybridized carbons (Fsp3) is 0.333. The number of fused-ring (bicyclic) bond motifs is 1. The van der Waals surface area contributed by atoms with Crippen LogP contribution in [0, 0.1) is 6.92 Å². The quantitative estimate of drug-likeness (QED) is 0.831. The molecule has 112 valence electrons. The van der Waals surface area contributed by atoms with Crippen LogP contribution in [0.5, 0.6) is 0 Å². The number of hydrogen-bond donors (Lipinski definition) is 1. The van der Waals surface area contributed by atoms with Gasteiger partial charge in [0, 0.05) is 13.1 Å². The highest BCUT2D eigenvalue weighted by atomic mass is 35.5. The molecule has 21 heavy (non-hydrogen) atoms. The fourth-order valence-electron chi connectivity index (χ4n) is 2.31. The smallest absolute Gasteiger partial charge is 0.243 e. The Labute approximate surface area is 127 Å². The first kappa shape index (κ1) is 14.3. The number of benzene rings is 1. The summed E-state index contributed by atoms with van der Waals surface area (Å²) < 4.78 is 28.6. The van der Waals surface area contributed by atoms with Gasteiger partial charge in [-0.15, -0.1) is 10.2 Å². The van der Waals surface area contributed by atoms with Crippen LogP contribution in [0.3, 0.4) is 0 Å². The number of aromatic nitrogens is 3. The molecule has 0 atom stereocenters. The number of halogens is 1. The minimum absolute atomic E-state index is 0.148. The van der Waals surface area contributed by atoms with Gasteiger partial charge in [-0.05, 0) is 24.6 Å². The molecule has 7 nitrogen and oxygen atoms in total. The number of hydrogen-bond acceptors (Lipinski definition) is 5. The second-order valence-corrected chi connectivity index (χ2v) is 7.24. The van der Waals surface area contributed by atoms with Crippen molar-refractivity contribution in [2.45, 2.75) is 24.9 Å². The van der Waals surface area contributed by atoms with Crippen molar-refractivity contribution >= 4 is 27.3 Å². The lowest BCUT2D eigenvalue weighted by molar-refractivity contribution is 0.335. The lowest BCUT2D eigenvalue weighted by Gasteiger charge is -2.26. The van der Waals surface area contributed by atoms with E-state index in [1.807, 2.05) is 4.57 Å². The van der Waals surface area contributed by atoms with Gasteiger partial charge in [-0.1, -0.05) is 11.6 Å². The van der Waals surface area contributed by atoms with Crippen molar-refractivity contribution in [3.05, 3.63) is 34.9 Å². The van der Waals surface area contributed by atoms with Crippen LogP contribution in [-0.4, -0.2) is 34.0 Å². The molecule has 0 fully saturated rings. The highest BCUT2D eigenvalue weighted by Crippen LogP contribution is 2.29. The van der Waals surface area contributed by atoms with Crippen LogP contribution < -0.4 is 5.73 Å². The molecule has 2 aromatic rings. The van der Waals surface area contributed by atoms with E-state index in [2.05, 4.69) is 10.2 Å². The summed E-state index contributed by atoms with van der Waals surface area (Å²) in [4.78, 5) is 0.148. The molecule has 0 aliphatic carbocycles. The molecule has 0 saturated carbocycles. The Balaban J connectivity index is 1.98.